The van der Waals surface area contributed by atoms with Crippen LogP contribution in [-0.2, 0) is 12.0 Å². The first kappa shape index (κ1) is 16.6. The quantitative estimate of drug-likeness (QED) is 0.739. The van der Waals surface area contributed by atoms with Crippen LogP contribution in [0.25, 0.3) is 0 Å². The molecule has 0 radical (unpaired) electrons. The van der Waals surface area contributed by atoms with Crippen molar-refractivity contribution in [2.75, 3.05) is 16.8 Å². The highest BCUT2D eigenvalue weighted by molar-refractivity contribution is 5.60. The molecule has 3 aromatic rings. The third-order valence-electron chi connectivity index (χ3n) is 4.89. The summed E-state index contributed by atoms with van der Waals surface area (Å²) in [7, 11) is 0. The summed E-state index contributed by atoms with van der Waals surface area (Å²) in [4.78, 5) is 11.6. The van der Waals surface area contributed by atoms with Gasteiger partial charge in [-0.15, -0.1) is 0 Å². The summed E-state index contributed by atoms with van der Waals surface area (Å²) < 4.78 is 0. The molecule has 4 heteroatoms. The number of hydrogen-bond donors (Lipinski definition) is 1. The van der Waals surface area contributed by atoms with Crippen LogP contribution < -0.4 is 10.2 Å². The summed E-state index contributed by atoms with van der Waals surface area (Å²) in [6.45, 7) is 8.36. The van der Waals surface area contributed by atoms with E-state index in [1.165, 1.54) is 11.1 Å². The van der Waals surface area contributed by atoms with Crippen LogP contribution in [0.5, 0.6) is 0 Å². The Balaban J connectivity index is 1.66. The van der Waals surface area contributed by atoms with Crippen LogP contribution in [0.1, 0.15) is 30.8 Å². The first-order valence-corrected chi connectivity index (χ1v) is 9.02. The molecule has 0 bridgehead atoms. The summed E-state index contributed by atoms with van der Waals surface area (Å²) in [6.07, 6.45) is 0. The highest BCUT2D eigenvalue weighted by atomic mass is 15.2. The third-order valence-corrected chi connectivity index (χ3v) is 4.89. The second kappa shape index (κ2) is 6.45. The number of aromatic nitrogens is 2. The van der Waals surface area contributed by atoms with E-state index in [-0.39, 0.29) is 5.41 Å². The number of nitrogens with one attached hydrogen (secondary N) is 1. The SMILES string of the molecule is Cc1nc(Nc2ccccc2)cc(N2Cc3ccccc3C(C)(C)C2)n1. The lowest BCUT2D eigenvalue weighted by Crippen LogP contribution is -2.42. The van der Waals surface area contributed by atoms with E-state index in [9.17, 15) is 0 Å². The van der Waals surface area contributed by atoms with E-state index in [0.29, 0.717) is 0 Å². The molecule has 4 rings (SSSR count). The van der Waals surface area contributed by atoms with Gasteiger partial charge in [-0.05, 0) is 30.2 Å². The van der Waals surface area contributed by atoms with E-state index >= 15 is 0 Å². The Hall–Kier alpha value is -2.88. The van der Waals surface area contributed by atoms with Gasteiger partial charge in [0, 0.05) is 30.3 Å². The molecule has 4 nitrogen and oxygen atoms in total. The van der Waals surface area contributed by atoms with Crippen LogP contribution in [0.3, 0.4) is 0 Å². The van der Waals surface area contributed by atoms with Gasteiger partial charge < -0.3 is 10.2 Å². The van der Waals surface area contributed by atoms with Gasteiger partial charge in [-0.2, -0.15) is 0 Å². The van der Waals surface area contributed by atoms with E-state index in [2.05, 4.69) is 53.3 Å². The lowest BCUT2D eigenvalue weighted by Gasteiger charge is -2.40. The molecule has 0 aliphatic carbocycles. The number of aryl methyl sites for hydroxylation is 1. The molecule has 1 aromatic heterocycles. The number of nitrogens with zero attached hydrogens (tertiary/aromatic N) is 3. The molecule has 1 aliphatic rings. The predicted molar refractivity (Wildman–Crippen MR) is 107 cm³/mol. The summed E-state index contributed by atoms with van der Waals surface area (Å²) in [5, 5.41) is 3.39. The Kier molecular flexibility index (Phi) is 4.11. The zero-order valence-corrected chi connectivity index (χ0v) is 15.5. The zero-order valence-electron chi connectivity index (χ0n) is 15.5. The van der Waals surface area contributed by atoms with Gasteiger partial charge >= 0.3 is 0 Å². The molecule has 132 valence electrons. The Labute approximate surface area is 154 Å². The van der Waals surface area contributed by atoms with Gasteiger partial charge in [-0.3, -0.25) is 0 Å². The van der Waals surface area contributed by atoms with E-state index in [0.717, 1.165) is 36.2 Å². The molecular formula is C22H24N4. The number of hydrogen-bond acceptors (Lipinski definition) is 4. The fourth-order valence-corrected chi connectivity index (χ4v) is 3.75. The summed E-state index contributed by atoms with van der Waals surface area (Å²) in [5.41, 5.74) is 3.92. The standard InChI is InChI=1S/C22H24N4/c1-16-23-20(25-18-10-5-4-6-11-18)13-21(24-16)26-14-17-9-7-8-12-19(17)22(2,3)15-26/h4-13H,14-15H2,1-3H3,(H,23,24,25). The Morgan fingerprint density at radius 3 is 2.50 bits per heavy atom. The van der Waals surface area contributed by atoms with E-state index in [1.54, 1.807) is 0 Å². The molecule has 0 fully saturated rings. The average Bonchev–Trinajstić information content (AvgIpc) is 2.61. The molecule has 0 spiro atoms. The van der Waals surface area contributed by atoms with Gasteiger partial charge in [-0.25, -0.2) is 9.97 Å². The summed E-state index contributed by atoms with van der Waals surface area (Å²) in [5.74, 6) is 2.58. The van der Waals surface area contributed by atoms with Gasteiger partial charge in [0.1, 0.15) is 17.5 Å². The molecule has 0 saturated heterocycles. The van der Waals surface area contributed by atoms with Crippen molar-refractivity contribution in [3.8, 4) is 0 Å². The first-order chi connectivity index (χ1) is 12.5. The van der Waals surface area contributed by atoms with Gasteiger partial charge in [0.15, 0.2) is 0 Å². The van der Waals surface area contributed by atoms with Crippen molar-refractivity contribution >= 4 is 17.3 Å². The van der Waals surface area contributed by atoms with Crippen LogP contribution in [0.15, 0.2) is 60.7 Å². The Bertz CT molecular complexity index is 918. The first-order valence-electron chi connectivity index (χ1n) is 9.02. The Morgan fingerprint density at radius 2 is 1.69 bits per heavy atom. The number of para-hydroxylation sites is 1. The maximum atomic E-state index is 4.71. The highest BCUT2D eigenvalue weighted by Gasteiger charge is 2.32. The minimum absolute atomic E-state index is 0.0840. The van der Waals surface area contributed by atoms with Gasteiger partial charge in [-0.1, -0.05) is 56.3 Å². The average molecular weight is 344 g/mol. The highest BCUT2D eigenvalue weighted by Crippen LogP contribution is 2.35. The molecule has 1 aliphatic heterocycles. The van der Waals surface area contributed by atoms with Crippen LogP contribution in [0.2, 0.25) is 0 Å². The van der Waals surface area contributed by atoms with Crippen LogP contribution >= 0.6 is 0 Å². The smallest absolute Gasteiger partial charge is 0.136 e. The lowest BCUT2D eigenvalue weighted by atomic mass is 9.78. The second-order valence-corrected chi connectivity index (χ2v) is 7.55. The predicted octanol–water partition coefficient (Wildman–Crippen LogP) is 4.83. The van der Waals surface area contributed by atoms with Crippen molar-refractivity contribution < 1.29 is 0 Å². The number of anilines is 3. The minimum atomic E-state index is 0.0840. The van der Waals surface area contributed by atoms with E-state index in [1.807, 2.05) is 43.3 Å². The molecule has 2 aromatic carbocycles. The van der Waals surface area contributed by atoms with Crippen molar-refractivity contribution in [3.63, 3.8) is 0 Å². The molecule has 0 saturated carbocycles. The normalized spacial score (nSPS) is 15.4. The summed E-state index contributed by atoms with van der Waals surface area (Å²) in [6, 6.07) is 20.9. The van der Waals surface area contributed by atoms with Gasteiger partial charge in [0.2, 0.25) is 0 Å². The molecule has 0 amide bonds. The van der Waals surface area contributed by atoms with E-state index < -0.39 is 0 Å². The Morgan fingerprint density at radius 1 is 0.962 bits per heavy atom. The second-order valence-electron chi connectivity index (χ2n) is 7.55. The van der Waals surface area contributed by atoms with Crippen molar-refractivity contribution in [1.29, 1.82) is 0 Å². The van der Waals surface area contributed by atoms with Gasteiger partial charge in [0.05, 0.1) is 0 Å². The number of fused-ring (bicyclic) bond motifs is 1. The molecule has 2 heterocycles. The maximum Gasteiger partial charge on any atom is 0.136 e. The lowest BCUT2D eigenvalue weighted by molar-refractivity contribution is 0.474. The van der Waals surface area contributed by atoms with Crippen molar-refractivity contribution in [3.05, 3.63) is 77.6 Å². The van der Waals surface area contributed by atoms with Crippen LogP contribution in [-0.4, -0.2) is 16.5 Å². The molecule has 1 N–H and O–H groups in total. The topological polar surface area (TPSA) is 41.1 Å². The maximum absolute atomic E-state index is 4.71. The number of rotatable bonds is 3. The van der Waals surface area contributed by atoms with Gasteiger partial charge in [0.25, 0.3) is 0 Å². The van der Waals surface area contributed by atoms with Crippen LogP contribution in [0.4, 0.5) is 17.3 Å². The van der Waals surface area contributed by atoms with Crippen molar-refractivity contribution in [1.82, 2.24) is 9.97 Å². The van der Waals surface area contributed by atoms with Crippen LogP contribution in [0, 0.1) is 6.92 Å². The van der Waals surface area contributed by atoms with Crippen molar-refractivity contribution in [2.24, 2.45) is 0 Å². The molecule has 0 unspecified atom stereocenters. The molecule has 26 heavy (non-hydrogen) atoms. The van der Waals surface area contributed by atoms with Crippen molar-refractivity contribution in [2.45, 2.75) is 32.7 Å². The zero-order chi connectivity index (χ0) is 18.1. The fourth-order valence-electron chi connectivity index (χ4n) is 3.75. The monoisotopic (exact) mass is 344 g/mol. The summed E-state index contributed by atoms with van der Waals surface area (Å²) >= 11 is 0. The minimum Gasteiger partial charge on any atom is -0.351 e. The van der Waals surface area contributed by atoms with E-state index in [4.69, 9.17) is 4.98 Å². The largest absolute Gasteiger partial charge is 0.351 e. The number of benzene rings is 2. The third kappa shape index (κ3) is 3.27. The molecule has 0 atom stereocenters. The molecular weight excluding hydrogens is 320 g/mol. The fraction of sp³-hybridized carbons (Fsp3) is 0.273.